The molecule has 0 fully saturated rings. The van der Waals surface area contributed by atoms with Crippen molar-refractivity contribution in [1.29, 1.82) is 0 Å². The number of nitrogens with zero attached hydrogens (tertiary/aromatic N) is 3. The molecular weight excluding hydrogens is 352 g/mol. The average Bonchev–Trinajstić information content (AvgIpc) is 2.65. The number of non-ortho nitro benzene ring substituents is 2. The maximum absolute atomic E-state index is 12.0. The van der Waals surface area contributed by atoms with Crippen LogP contribution in [-0.2, 0) is 0 Å². The summed E-state index contributed by atoms with van der Waals surface area (Å²) >= 11 is 0. The van der Waals surface area contributed by atoms with Crippen molar-refractivity contribution in [2.24, 2.45) is 5.10 Å². The van der Waals surface area contributed by atoms with Crippen LogP contribution in [0.25, 0.3) is 0 Å². The van der Waals surface area contributed by atoms with Crippen LogP contribution in [0.5, 0.6) is 0 Å². The van der Waals surface area contributed by atoms with Gasteiger partial charge in [0.25, 0.3) is 17.3 Å². The Morgan fingerprint density at radius 3 is 2.00 bits per heavy atom. The monoisotopic (exact) mass is 378 g/mol. The van der Waals surface area contributed by atoms with Crippen LogP contribution in [-0.4, -0.2) is 22.0 Å². The minimum Gasteiger partial charge on any atom is -0.267 e. The van der Waals surface area contributed by atoms with E-state index in [9.17, 15) is 25.0 Å². The number of nitro benzene ring substituents is 2. The zero-order chi connectivity index (χ0) is 20.1. The topological polar surface area (TPSA) is 128 Å². The van der Waals surface area contributed by atoms with E-state index in [-0.39, 0.29) is 5.56 Å². The molecular formula is C18H26N4O5. The summed E-state index contributed by atoms with van der Waals surface area (Å²) in [4.78, 5) is 32.1. The number of unbranched alkanes of at least 4 members (excludes halogenated alkanes) is 8. The molecule has 0 spiro atoms. The molecule has 1 amide bonds. The Bertz CT molecular complexity index is 643. The van der Waals surface area contributed by atoms with Crippen molar-refractivity contribution in [3.63, 3.8) is 0 Å². The van der Waals surface area contributed by atoms with E-state index >= 15 is 0 Å². The number of hydrogen-bond acceptors (Lipinski definition) is 6. The smallest absolute Gasteiger partial charge is 0.267 e. The number of nitrogens with one attached hydrogen (secondary N) is 1. The lowest BCUT2D eigenvalue weighted by Gasteiger charge is -2.01. The quantitative estimate of drug-likeness (QED) is 0.229. The highest BCUT2D eigenvalue weighted by Gasteiger charge is 2.19. The third-order valence-corrected chi connectivity index (χ3v) is 4.03. The molecule has 0 saturated heterocycles. The van der Waals surface area contributed by atoms with Crippen molar-refractivity contribution in [3.05, 3.63) is 44.0 Å². The third kappa shape index (κ3) is 8.89. The summed E-state index contributed by atoms with van der Waals surface area (Å²) in [5.41, 5.74) is 1.03. The molecule has 0 aliphatic carbocycles. The van der Waals surface area contributed by atoms with Crippen LogP contribution in [0.3, 0.4) is 0 Å². The van der Waals surface area contributed by atoms with Crippen LogP contribution in [0.2, 0.25) is 0 Å². The first kappa shape index (κ1) is 22.2. The lowest BCUT2D eigenvalue weighted by Crippen LogP contribution is -2.17. The van der Waals surface area contributed by atoms with Gasteiger partial charge in [-0.1, -0.05) is 51.9 Å². The molecule has 0 unspecified atom stereocenters. The summed E-state index contributed by atoms with van der Waals surface area (Å²) in [6.45, 7) is 2.19. The molecule has 0 bridgehead atoms. The second-order valence-corrected chi connectivity index (χ2v) is 6.27. The van der Waals surface area contributed by atoms with Crippen molar-refractivity contribution < 1.29 is 14.6 Å². The van der Waals surface area contributed by atoms with E-state index < -0.39 is 27.1 Å². The summed E-state index contributed by atoms with van der Waals surface area (Å²) < 4.78 is 0. The molecule has 9 nitrogen and oxygen atoms in total. The van der Waals surface area contributed by atoms with Crippen LogP contribution >= 0.6 is 0 Å². The number of benzene rings is 1. The molecule has 0 radical (unpaired) electrons. The largest absolute Gasteiger partial charge is 0.277 e. The number of amides is 1. The van der Waals surface area contributed by atoms with E-state index in [0.717, 1.165) is 31.0 Å². The molecule has 0 aromatic heterocycles. The lowest BCUT2D eigenvalue weighted by molar-refractivity contribution is -0.394. The fourth-order valence-corrected chi connectivity index (χ4v) is 2.54. The SMILES string of the molecule is CCCCCCCCCC/C=N/NC(=O)c1cc([N+](=O)[O-])cc([N+](=O)[O-])c1. The zero-order valence-corrected chi connectivity index (χ0v) is 15.6. The van der Waals surface area contributed by atoms with E-state index in [4.69, 9.17) is 0 Å². The van der Waals surface area contributed by atoms with Gasteiger partial charge in [-0.2, -0.15) is 5.10 Å². The molecule has 0 atom stereocenters. The summed E-state index contributed by atoms with van der Waals surface area (Å²) in [5.74, 6) is -0.728. The first-order valence-corrected chi connectivity index (χ1v) is 9.21. The van der Waals surface area contributed by atoms with Crippen molar-refractivity contribution in [2.45, 2.75) is 64.7 Å². The molecule has 1 N–H and O–H groups in total. The molecule has 1 aromatic rings. The summed E-state index contributed by atoms with van der Waals surface area (Å²) in [6.07, 6.45) is 11.9. The van der Waals surface area contributed by atoms with Crippen molar-refractivity contribution in [3.8, 4) is 0 Å². The number of carbonyl (C=O) groups excluding carboxylic acids is 1. The molecule has 0 heterocycles. The third-order valence-electron chi connectivity index (χ3n) is 4.03. The average molecular weight is 378 g/mol. The second-order valence-electron chi connectivity index (χ2n) is 6.27. The van der Waals surface area contributed by atoms with Crippen LogP contribution < -0.4 is 5.43 Å². The fraction of sp³-hybridized carbons (Fsp3) is 0.556. The van der Waals surface area contributed by atoms with Gasteiger partial charge in [0.05, 0.1) is 21.5 Å². The Hall–Kier alpha value is -2.84. The Kier molecular flexibility index (Phi) is 10.3. The highest BCUT2D eigenvalue weighted by molar-refractivity contribution is 5.95. The maximum atomic E-state index is 12.0. The standard InChI is InChI=1S/C18H26N4O5/c1-2-3-4-5-6-7-8-9-10-11-19-20-18(23)15-12-16(21(24)25)14-17(13-15)22(26)27/h11-14H,2-10H2,1H3,(H,20,23)/b19-11+. The van der Waals surface area contributed by atoms with Crippen molar-refractivity contribution in [2.75, 3.05) is 0 Å². The van der Waals surface area contributed by atoms with E-state index in [2.05, 4.69) is 17.5 Å². The minimum atomic E-state index is -0.782. The first-order chi connectivity index (χ1) is 13.0. The van der Waals surface area contributed by atoms with Gasteiger partial charge in [-0.15, -0.1) is 0 Å². The van der Waals surface area contributed by atoms with Crippen LogP contribution in [0.15, 0.2) is 23.3 Å². The zero-order valence-electron chi connectivity index (χ0n) is 15.6. The number of rotatable bonds is 13. The molecule has 0 aliphatic heterocycles. The predicted molar refractivity (Wildman–Crippen MR) is 103 cm³/mol. The van der Waals surface area contributed by atoms with Gasteiger partial charge in [-0.3, -0.25) is 25.0 Å². The van der Waals surface area contributed by atoms with E-state index in [0.29, 0.717) is 6.42 Å². The van der Waals surface area contributed by atoms with Crippen LogP contribution in [0.1, 0.15) is 75.1 Å². The lowest BCUT2D eigenvalue weighted by atomic mass is 10.1. The molecule has 9 heteroatoms. The van der Waals surface area contributed by atoms with Gasteiger partial charge in [-0.25, -0.2) is 5.43 Å². The summed E-state index contributed by atoms with van der Waals surface area (Å²) in [7, 11) is 0. The second kappa shape index (κ2) is 12.5. The van der Waals surface area contributed by atoms with Crippen molar-refractivity contribution >= 4 is 23.5 Å². The molecule has 148 valence electrons. The van der Waals surface area contributed by atoms with Gasteiger partial charge in [0, 0.05) is 18.3 Å². The first-order valence-electron chi connectivity index (χ1n) is 9.21. The normalized spacial score (nSPS) is 10.9. The van der Waals surface area contributed by atoms with E-state index in [1.54, 1.807) is 6.21 Å². The van der Waals surface area contributed by atoms with Crippen LogP contribution in [0.4, 0.5) is 11.4 Å². The Labute approximate surface area is 158 Å². The van der Waals surface area contributed by atoms with E-state index in [1.807, 2.05) is 0 Å². The van der Waals surface area contributed by atoms with Crippen molar-refractivity contribution in [1.82, 2.24) is 5.43 Å². The van der Waals surface area contributed by atoms with Crippen LogP contribution in [0, 0.1) is 20.2 Å². The predicted octanol–water partition coefficient (Wildman–Crippen LogP) is 4.75. The van der Waals surface area contributed by atoms with Gasteiger partial charge in [-0.05, 0) is 12.8 Å². The van der Waals surface area contributed by atoms with Gasteiger partial charge < -0.3 is 0 Å². The Balaban J connectivity index is 2.38. The highest BCUT2D eigenvalue weighted by atomic mass is 16.6. The highest BCUT2D eigenvalue weighted by Crippen LogP contribution is 2.22. The van der Waals surface area contributed by atoms with Gasteiger partial charge in [0.1, 0.15) is 0 Å². The van der Waals surface area contributed by atoms with Gasteiger partial charge in [0.2, 0.25) is 0 Å². The molecule has 0 saturated carbocycles. The Morgan fingerprint density at radius 2 is 1.48 bits per heavy atom. The number of carbonyl (C=O) groups is 1. The van der Waals surface area contributed by atoms with Gasteiger partial charge >= 0.3 is 0 Å². The molecule has 1 aromatic carbocycles. The van der Waals surface area contributed by atoms with E-state index in [1.165, 1.54) is 38.5 Å². The molecule has 27 heavy (non-hydrogen) atoms. The maximum Gasteiger partial charge on any atom is 0.277 e. The minimum absolute atomic E-state index is 0.180. The fourth-order valence-electron chi connectivity index (χ4n) is 2.54. The molecule has 1 rings (SSSR count). The number of hydrogen-bond donors (Lipinski definition) is 1. The number of nitro groups is 2. The summed E-state index contributed by atoms with van der Waals surface area (Å²) in [6, 6.07) is 2.77. The Morgan fingerprint density at radius 1 is 0.963 bits per heavy atom. The summed E-state index contributed by atoms with van der Waals surface area (Å²) in [5, 5.41) is 25.5. The van der Waals surface area contributed by atoms with Gasteiger partial charge in [0.15, 0.2) is 0 Å². The number of hydrazone groups is 1. The molecule has 0 aliphatic rings.